The van der Waals surface area contributed by atoms with Crippen LogP contribution in [0.25, 0.3) is 0 Å². The van der Waals surface area contributed by atoms with Gasteiger partial charge in [-0.1, -0.05) is 66.7 Å². The van der Waals surface area contributed by atoms with E-state index in [0.717, 1.165) is 9.87 Å². The average Bonchev–Trinajstić information content (AvgIpc) is 3.02. The second-order valence-corrected chi connectivity index (χ2v) is 13.7. The van der Waals surface area contributed by atoms with E-state index in [4.69, 9.17) is 4.74 Å². The molecule has 0 unspecified atom stereocenters. The predicted octanol–water partition coefficient (Wildman–Crippen LogP) is 5.97. The third-order valence-corrected chi connectivity index (χ3v) is 8.90. The molecule has 1 N–H and O–H groups in total. The molecule has 0 saturated carbocycles. The second-order valence-electron chi connectivity index (χ2n) is 11.8. The molecule has 1 atom stereocenters. The first-order valence-corrected chi connectivity index (χ1v) is 16.5. The predicted molar refractivity (Wildman–Crippen MR) is 177 cm³/mol. The molecule has 242 valence electrons. The number of rotatable bonds is 13. The maximum absolute atomic E-state index is 15.0. The van der Waals surface area contributed by atoms with Crippen LogP contribution in [0.1, 0.15) is 38.8 Å². The Morgan fingerprint density at radius 3 is 2.02 bits per heavy atom. The van der Waals surface area contributed by atoms with Crippen LogP contribution in [-0.2, 0) is 32.6 Å². The Morgan fingerprint density at radius 2 is 1.43 bits per heavy atom. The minimum Gasteiger partial charge on any atom is -0.494 e. The molecule has 8 nitrogen and oxygen atoms in total. The van der Waals surface area contributed by atoms with E-state index in [2.05, 4.69) is 5.32 Å². The highest BCUT2D eigenvalue weighted by Gasteiger charge is 2.36. The molecular weight excluding hydrogens is 605 g/mol. The van der Waals surface area contributed by atoms with E-state index in [1.807, 2.05) is 58.0 Å². The number of hydrogen-bond acceptors (Lipinski definition) is 5. The quantitative estimate of drug-likeness (QED) is 0.193. The lowest BCUT2D eigenvalue weighted by atomic mass is 10.0. The summed E-state index contributed by atoms with van der Waals surface area (Å²) in [5.74, 6) is -1.15. The zero-order valence-electron chi connectivity index (χ0n) is 26.5. The summed E-state index contributed by atoms with van der Waals surface area (Å²) in [6.45, 7) is 6.83. The number of nitrogens with zero attached hydrogens (tertiary/aromatic N) is 2. The lowest BCUT2D eigenvalue weighted by Gasteiger charge is -2.35. The van der Waals surface area contributed by atoms with Gasteiger partial charge in [-0.25, -0.2) is 12.8 Å². The van der Waals surface area contributed by atoms with E-state index >= 15 is 4.39 Å². The molecule has 0 bridgehead atoms. The van der Waals surface area contributed by atoms with Crippen LogP contribution in [0, 0.1) is 5.82 Å². The van der Waals surface area contributed by atoms with Gasteiger partial charge in [-0.05, 0) is 75.7 Å². The number of carbonyl (C=O) groups is 2. The number of ether oxygens (including phenoxy) is 1. The number of hydrogen-bond donors (Lipinski definition) is 1. The van der Waals surface area contributed by atoms with Crippen LogP contribution in [0.5, 0.6) is 5.75 Å². The first kappa shape index (κ1) is 34.2. The highest BCUT2D eigenvalue weighted by atomic mass is 32.2. The van der Waals surface area contributed by atoms with Gasteiger partial charge in [0.25, 0.3) is 10.0 Å². The van der Waals surface area contributed by atoms with Gasteiger partial charge in [0.1, 0.15) is 24.2 Å². The summed E-state index contributed by atoms with van der Waals surface area (Å²) >= 11 is 0. The molecule has 0 saturated heterocycles. The van der Waals surface area contributed by atoms with Crippen LogP contribution in [0.3, 0.4) is 0 Å². The van der Waals surface area contributed by atoms with Crippen LogP contribution in [0.15, 0.2) is 114 Å². The summed E-state index contributed by atoms with van der Waals surface area (Å²) in [6.07, 6.45) is 0.125. The van der Waals surface area contributed by atoms with Gasteiger partial charge >= 0.3 is 0 Å². The number of carbonyl (C=O) groups excluding carboxylic acids is 2. The standard InChI is InChI=1S/C36H40FN3O5S/c1-5-45-30-20-22-31(23-21-30)46(43,44)40(29-17-10-7-11-18-29)26-34(41)39(25-28-16-12-13-19-32(28)37)33(35(42)38-36(2,3)4)24-27-14-8-6-9-15-27/h6-23,33H,5,24-26H2,1-4H3,(H,38,42)/t33-/m1/s1. The van der Waals surface area contributed by atoms with Crippen LogP contribution in [0.2, 0.25) is 0 Å². The molecule has 0 aliphatic heterocycles. The van der Waals surface area contributed by atoms with E-state index in [1.165, 1.54) is 23.1 Å². The second kappa shape index (κ2) is 15.1. The van der Waals surface area contributed by atoms with Gasteiger partial charge in [0.15, 0.2) is 0 Å². The monoisotopic (exact) mass is 645 g/mol. The molecule has 10 heteroatoms. The number of anilines is 1. The van der Waals surface area contributed by atoms with E-state index in [0.29, 0.717) is 12.4 Å². The summed E-state index contributed by atoms with van der Waals surface area (Å²) in [6, 6.07) is 28.4. The van der Waals surface area contributed by atoms with Gasteiger partial charge in [-0.2, -0.15) is 0 Å². The van der Waals surface area contributed by atoms with E-state index in [-0.39, 0.29) is 29.1 Å². The fraction of sp³-hybridized carbons (Fsp3) is 0.278. The van der Waals surface area contributed by atoms with Gasteiger partial charge in [-0.15, -0.1) is 0 Å². The first-order valence-electron chi connectivity index (χ1n) is 15.1. The third-order valence-electron chi connectivity index (χ3n) is 7.11. The number of amides is 2. The van der Waals surface area contributed by atoms with Gasteiger partial charge in [0.2, 0.25) is 11.8 Å². The lowest BCUT2D eigenvalue weighted by molar-refractivity contribution is -0.140. The summed E-state index contributed by atoms with van der Waals surface area (Å²) in [5.41, 5.74) is 0.600. The van der Waals surface area contributed by atoms with Gasteiger partial charge in [0.05, 0.1) is 17.2 Å². The van der Waals surface area contributed by atoms with Crippen molar-refractivity contribution in [2.75, 3.05) is 17.5 Å². The number of halogens is 1. The molecular formula is C36H40FN3O5S. The first-order chi connectivity index (χ1) is 21.9. The fourth-order valence-electron chi connectivity index (χ4n) is 4.94. The SMILES string of the molecule is CCOc1ccc(S(=O)(=O)N(CC(=O)N(Cc2ccccc2F)[C@H](Cc2ccccc2)C(=O)NC(C)(C)C)c2ccccc2)cc1. The minimum atomic E-state index is -4.27. The van der Waals surface area contributed by atoms with Crippen LogP contribution in [-0.4, -0.2) is 49.9 Å². The summed E-state index contributed by atoms with van der Waals surface area (Å²) in [4.78, 5) is 29.6. The number of nitrogens with one attached hydrogen (secondary N) is 1. The average molecular weight is 646 g/mol. The molecule has 0 heterocycles. The van der Waals surface area contributed by atoms with Crippen molar-refractivity contribution in [3.63, 3.8) is 0 Å². The summed E-state index contributed by atoms with van der Waals surface area (Å²) in [5, 5.41) is 2.96. The van der Waals surface area contributed by atoms with Gasteiger partial charge in [-0.3, -0.25) is 13.9 Å². The fourth-order valence-corrected chi connectivity index (χ4v) is 6.36. The molecule has 4 aromatic rings. The van der Waals surface area contributed by atoms with Crippen molar-refractivity contribution >= 4 is 27.5 Å². The van der Waals surface area contributed by atoms with Crippen molar-refractivity contribution in [2.24, 2.45) is 0 Å². The summed E-state index contributed by atoms with van der Waals surface area (Å²) in [7, 11) is -4.27. The van der Waals surface area contributed by atoms with Crippen LogP contribution >= 0.6 is 0 Å². The molecule has 0 aliphatic rings. The van der Waals surface area contributed by atoms with Crippen LogP contribution < -0.4 is 14.4 Å². The summed E-state index contributed by atoms with van der Waals surface area (Å²) < 4.78 is 49.8. The number of sulfonamides is 1. The highest BCUT2D eigenvalue weighted by Crippen LogP contribution is 2.26. The zero-order chi connectivity index (χ0) is 33.3. The van der Waals surface area contributed by atoms with E-state index in [9.17, 15) is 18.0 Å². The van der Waals surface area contributed by atoms with E-state index in [1.54, 1.807) is 60.7 Å². The maximum Gasteiger partial charge on any atom is 0.264 e. The topological polar surface area (TPSA) is 96.0 Å². The van der Waals surface area contributed by atoms with Crippen molar-refractivity contribution in [1.82, 2.24) is 10.2 Å². The van der Waals surface area contributed by atoms with Crippen molar-refractivity contribution in [2.45, 2.75) is 57.1 Å². The van der Waals surface area contributed by atoms with Crippen molar-refractivity contribution in [1.29, 1.82) is 0 Å². The van der Waals surface area contributed by atoms with Crippen molar-refractivity contribution in [3.05, 3.63) is 126 Å². The maximum atomic E-state index is 15.0. The van der Waals surface area contributed by atoms with Crippen molar-refractivity contribution < 1.29 is 27.1 Å². The molecule has 4 aromatic carbocycles. The molecule has 4 rings (SSSR count). The highest BCUT2D eigenvalue weighted by molar-refractivity contribution is 7.92. The molecule has 0 fully saturated rings. The molecule has 0 aliphatic carbocycles. The zero-order valence-corrected chi connectivity index (χ0v) is 27.3. The Balaban J connectivity index is 1.80. The van der Waals surface area contributed by atoms with Gasteiger partial charge < -0.3 is 15.0 Å². The smallest absolute Gasteiger partial charge is 0.264 e. The molecule has 2 amide bonds. The van der Waals surface area contributed by atoms with Gasteiger partial charge in [0, 0.05) is 24.1 Å². The van der Waals surface area contributed by atoms with E-state index < -0.39 is 45.8 Å². The Hall–Kier alpha value is -4.70. The third kappa shape index (κ3) is 8.94. The normalized spacial score (nSPS) is 12.2. The lowest BCUT2D eigenvalue weighted by Crippen LogP contribution is -2.56. The Bertz CT molecular complexity index is 1710. The van der Waals surface area contributed by atoms with Crippen molar-refractivity contribution in [3.8, 4) is 5.75 Å². The Labute approximate surface area is 270 Å². The molecule has 0 spiro atoms. The number of benzene rings is 4. The van der Waals surface area contributed by atoms with Crippen LogP contribution in [0.4, 0.5) is 10.1 Å². The molecule has 46 heavy (non-hydrogen) atoms. The number of para-hydroxylation sites is 1. The Morgan fingerprint density at radius 1 is 0.848 bits per heavy atom. The minimum absolute atomic E-state index is 0.0421. The largest absolute Gasteiger partial charge is 0.494 e. The Kier molecular flexibility index (Phi) is 11.2. The molecule has 0 aromatic heterocycles. The molecule has 0 radical (unpaired) electrons.